The zero-order valence-corrected chi connectivity index (χ0v) is 14.7. The Morgan fingerprint density at radius 2 is 1.89 bits per heavy atom. The average Bonchev–Trinajstić information content (AvgIpc) is 2.67. The molecule has 0 saturated carbocycles. The number of nitrogens with zero attached hydrogens (tertiary/aromatic N) is 1. The first-order chi connectivity index (χ1) is 13.3. The van der Waals surface area contributed by atoms with Gasteiger partial charge >= 0.3 is 5.97 Å². The van der Waals surface area contributed by atoms with Crippen LogP contribution in [0, 0.1) is 11.6 Å². The van der Waals surface area contributed by atoms with Gasteiger partial charge in [-0.25, -0.2) is 13.9 Å². The number of halogens is 2. The Labute approximate surface area is 157 Å². The molecule has 2 N–H and O–H groups in total. The smallest absolute Gasteiger partial charge is 0.312 e. The van der Waals surface area contributed by atoms with Crippen molar-refractivity contribution in [1.82, 2.24) is 10.2 Å². The molecule has 1 heterocycles. The van der Waals surface area contributed by atoms with Crippen LogP contribution < -0.4 is 10.9 Å². The van der Waals surface area contributed by atoms with Gasteiger partial charge in [0, 0.05) is 11.5 Å². The summed E-state index contributed by atoms with van der Waals surface area (Å²) in [5.74, 6) is -3.14. The third kappa shape index (κ3) is 4.20. The van der Waals surface area contributed by atoms with Gasteiger partial charge in [0.1, 0.15) is 11.6 Å². The van der Waals surface area contributed by atoms with Gasteiger partial charge in [-0.2, -0.15) is 5.10 Å². The van der Waals surface area contributed by atoms with E-state index >= 15 is 0 Å². The molecule has 1 atom stereocenters. The van der Waals surface area contributed by atoms with E-state index in [1.54, 1.807) is 24.3 Å². The summed E-state index contributed by atoms with van der Waals surface area (Å²) in [5.41, 5.74) is -0.470. The number of fused-ring (bicyclic) bond motifs is 1. The van der Waals surface area contributed by atoms with Gasteiger partial charge in [0.15, 0.2) is 6.10 Å². The summed E-state index contributed by atoms with van der Waals surface area (Å²) in [4.78, 5) is 36.0. The zero-order valence-electron chi connectivity index (χ0n) is 14.7. The number of aromatic nitrogens is 2. The van der Waals surface area contributed by atoms with Gasteiger partial charge in [-0.1, -0.05) is 18.2 Å². The number of H-pyrrole nitrogens is 1. The first kappa shape index (κ1) is 19.2. The van der Waals surface area contributed by atoms with Crippen LogP contribution in [0.4, 0.5) is 14.5 Å². The van der Waals surface area contributed by atoms with Crippen molar-refractivity contribution < 1.29 is 23.1 Å². The maximum atomic E-state index is 13.6. The molecule has 2 aromatic carbocycles. The van der Waals surface area contributed by atoms with Gasteiger partial charge in [-0.05, 0) is 25.1 Å². The molecular formula is C19H15F2N3O4. The van der Waals surface area contributed by atoms with Crippen molar-refractivity contribution in [1.29, 1.82) is 0 Å². The fourth-order valence-electron chi connectivity index (χ4n) is 2.56. The van der Waals surface area contributed by atoms with Gasteiger partial charge in [0.25, 0.3) is 11.5 Å². The molecule has 0 unspecified atom stereocenters. The highest BCUT2D eigenvalue weighted by molar-refractivity contribution is 5.95. The molecule has 1 aromatic heterocycles. The number of esters is 1. The molecule has 0 fully saturated rings. The molecule has 144 valence electrons. The number of rotatable bonds is 5. The molecule has 0 aliphatic carbocycles. The van der Waals surface area contributed by atoms with Crippen molar-refractivity contribution in [3.05, 3.63) is 70.1 Å². The Morgan fingerprint density at radius 1 is 1.18 bits per heavy atom. The fraction of sp³-hybridized carbons (Fsp3) is 0.158. The van der Waals surface area contributed by atoms with Gasteiger partial charge in [0.05, 0.1) is 23.2 Å². The van der Waals surface area contributed by atoms with E-state index in [0.29, 0.717) is 10.8 Å². The Kier molecular flexibility index (Phi) is 5.44. The molecule has 28 heavy (non-hydrogen) atoms. The lowest BCUT2D eigenvalue weighted by molar-refractivity contribution is -0.152. The van der Waals surface area contributed by atoms with Crippen LogP contribution in [-0.2, 0) is 20.7 Å². The lowest BCUT2D eigenvalue weighted by atomic mass is 10.1. The molecule has 3 rings (SSSR count). The summed E-state index contributed by atoms with van der Waals surface area (Å²) < 4.78 is 31.8. The highest BCUT2D eigenvalue weighted by Crippen LogP contribution is 2.16. The third-order valence-corrected chi connectivity index (χ3v) is 3.95. The minimum atomic E-state index is -1.26. The second-order valence-electron chi connectivity index (χ2n) is 5.97. The van der Waals surface area contributed by atoms with Gasteiger partial charge in [-0.15, -0.1) is 0 Å². The molecule has 0 bridgehead atoms. The number of nitrogens with one attached hydrogen (secondary N) is 2. The molecule has 0 spiro atoms. The molecule has 0 radical (unpaired) electrons. The number of hydrogen-bond acceptors (Lipinski definition) is 5. The van der Waals surface area contributed by atoms with Crippen molar-refractivity contribution in [3.63, 3.8) is 0 Å². The van der Waals surface area contributed by atoms with Crippen LogP contribution in [0.1, 0.15) is 12.6 Å². The standard InChI is InChI=1S/C19H15F2N3O4/c1-10(18(26)22-16-8-11(20)6-7-14(16)21)28-17(25)9-15-12-4-2-3-5-13(12)19(27)24-23-15/h2-8,10H,9H2,1H3,(H,22,26)(H,24,27)/t10-/m0/s1. The van der Waals surface area contributed by atoms with Crippen molar-refractivity contribution in [2.45, 2.75) is 19.4 Å². The van der Waals surface area contributed by atoms with Crippen LogP contribution in [0.15, 0.2) is 47.3 Å². The monoisotopic (exact) mass is 387 g/mol. The molecule has 7 nitrogen and oxygen atoms in total. The number of anilines is 1. The summed E-state index contributed by atoms with van der Waals surface area (Å²) in [7, 11) is 0. The number of benzene rings is 2. The molecule has 0 aliphatic heterocycles. The number of carbonyl (C=O) groups is 2. The average molecular weight is 387 g/mol. The molecule has 1 amide bonds. The minimum Gasteiger partial charge on any atom is -0.452 e. The number of aromatic amines is 1. The SMILES string of the molecule is C[C@H](OC(=O)Cc1n[nH]c(=O)c2ccccc12)C(=O)Nc1cc(F)ccc1F. The van der Waals surface area contributed by atoms with Crippen LogP contribution in [0.3, 0.4) is 0 Å². The number of carbonyl (C=O) groups excluding carboxylic acids is 2. The number of ether oxygens (including phenoxy) is 1. The van der Waals surface area contributed by atoms with E-state index in [4.69, 9.17) is 4.74 Å². The molecule has 9 heteroatoms. The lowest BCUT2D eigenvalue weighted by Gasteiger charge is -2.14. The zero-order chi connectivity index (χ0) is 20.3. The summed E-state index contributed by atoms with van der Waals surface area (Å²) in [6.45, 7) is 1.29. The Balaban J connectivity index is 1.68. The van der Waals surface area contributed by atoms with Crippen molar-refractivity contribution >= 4 is 28.3 Å². The lowest BCUT2D eigenvalue weighted by Crippen LogP contribution is -2.31. The van der Waals surface area contributed by atoms with E-state index < -0.39 is 35.2 Å². The van der Waals surface area contributed by atoms with E-state index in [0.717, 1.165) is 18.2 Å². The fourth-order valence-corrected chi connectivity index (χ4v) is 2.56. The largest absolute Gasteiger partial charge is 0.452 e. The maximum Gasteiger partial charge on any atom is 0.312 e. The normalized spacial score (nSPS) is 11.8. The Morgan fingerprint density at radius 3 is 2.64 bits per heavy atom. The first-order valence-corrected chi connectivity index (χ1v) is 8.27. The quantitative estimate of drug-likeness (QED) is 0.655. The molecule has 0 saturated heterocycles. The topological polar surface area (TPSA) is 101 Å². The van der Waals surface area contributed by atoms with E-state index in [-0.39, 0.29) is 17.8 Å². The van der Waals surface area contributed by atoms with Crippen LogP contribution in [0.2, 0.25) is 0 Å². The van der Waals surface area contributed by atoms with Crippen molar-refractivity contribution in [2.24, 2.45) is 0 Å². The molecule has 0 aliphatic rings. The summed E-state index contributed by atoms with van der Waals surface area (Å²) in [6, 6.07) is 9.21. The van der Waals surface area contributed by atoms with Crippen LogP contribution in [0.25, 0.3) is 10.8 Å². The third-order valence-electron chi connectivity index (χ3n) is 3.95. The van der Waals surface area contributed by atoms with E-state index in [2.05, 4.69) is 15.5 Å². The summed E-state index contributed by atoms with van der Waals surface area (Å²) in [5, 5.41) is 9.18. The number of amides is 1. The predicted octanol–water partition coefficient (Wildman–Crippen LogP) is 2.31. The second-order valence-corrected chi connectivity index (χ2v) is 5.97. The van der Waals surface area contributed by atoms with Crippen molar-refractivity contribution in [2.75, 3.05) is 5.32 Å². The highest BCUT2D eigenvalue weighted by atomic mass is 19.1. The van der Waals surface area contributed by atoms with Crippen LogP contribution in [0.5, 0.6) is 0 Å². The van der Waals surface area contributed by atoms with Gasteiger partial charge in [0.2, 0.25) is 0 Å². The van der Waals surface area contributed by atoms with E-state index in [1.807, 2.05) is 0 Å². The maximum absolute atomic E-state index is 13.6. The van der Waals surface area contributed by atoms with Crippen molar-refractivity contribution in [3.8, 4) is 0 Å². The Bertz CT molecular complexity index is 1110. The molecular weight excluding hydrogens is 372 g/mol. The van der Waals surface area contributed by atoms with Crippen LogP contribution >= 0.6 is 0 Å². The summed E-state index contributed by atoms with van der Waals surface area (Å²) in [6.07, 6.45) is -1.55. The van der Waals surface area contributed by atoms with E-state index in [1.165, 1.54) is 6.92 Å². The first-order valence-electron chi connectivity index (χ1n) is 8.27. The number of hydrogen-bond donors (Lipinski definition) is 2. The highest BCUT2D eigenvalue weighted by Gasteiger charge is 2.21. The van der Waals surface area contributed by atoms with Crippen LogP contribution in [-0.4, -0.2) is 28.2 Å². The molecule has 3 aromatic rings. The predicted molar refractivity (Wildman–Crippen MR) is 96.6 cm³/mol. The Hall–Kier alpha value is -3.62. The van der Waals surface area contributed by atoms with Gasteiger partial charge in [-0.3, -0.25) is 14.4 Å². The summed E-state index contributed by atoms with van der Waals surface area (Å²) >= 11 is 0. The van der Waals surface area contributed by atoms with E-state index in [9.17, 15) is 23.2 Å². The minimum absolute atomic E-state index is 0.281. The second kappa shape index (κ2) is 7.95. The van der Waals surface area contributed by atoms with Gasteiger partial charge < -0.3 is 10.1 Å².